The van der Waals surface area contributed by atoms with Gasteiger partial charge in [0.15, 0.2) is 0 Å². The van der Waals surface area contributed by atoms with Gasteiger partial charge in [-0.1, -0.05) is 0 Å². The van der Waals surface area contributed by atoms with Crippen molar-refractivity contribution in [2.45, 2.75) is 12.2 Å². The summed E-state index contributed by atoms with van der Waals surface area (Å²) in [5.74, 6) is 0.143. The maximum absolute atomic E-state index is 13.3. The summed E-state index contributed by atoms with van der Waals surface area (Å²) in [6.07, 6.45) is 0.771. The normalized spacial score (nSPS) is 14.5. The molecule has 0 unspecified atom stereocenters. The van der Waals surface area contributed by atoms with Gasteiger partial charge in [-0.25, -0.2) is 9.18 Å². The van der Waals surface area contributed by atoms with Crippen LogP contribution in [-0.2, 0) is 12.2 Å². The van der Waals surface area contributed by atoms with Crippen LogP contribution in [0.15, 0.2) is 18.2 Å². The van der Waals surface area contributed by atoms with Crippen molar-refractivity contribution in [1.82, 2.24) is 4.98 Å². The van der Waals surface area contributed by atoms with Gasteiger partial charge in [0.1, 0.15) is 5.82 Å². The van der Waals surface area contributed by atoms with E-state index in [1.54, 1.807) is 17.8 Å². The van der Waals surface area contributed by atoms with Crippen molar-refractivity contribution in [3.8, 4) is 0 Å². The summed E-state index contributed by atoms with van der Waals surface area (Å²) in [5, 5.41) is 9.76. The lowest BCUT2D eigenvalue weighted by Gasteiger charge is -2.18. The van der Waals surface area contributed by atoms with Crippen molar-refractivity contribution in [3.63, 3.8) is 0 Å². The number of thioether (sulfide) groups is 1. The van der Waals surface area contributed by atoms with E-state index < -0.39 is 11.8 Å². The molecule has 0 bridgehead atoms. The molecule has 5 heteroatoms. The second-order valence-corrected chi connectivity index (χ2v) is 5.29. The van der Waals surface area contributed by atoms with Crippen LogP contribution < -0.4 is 0 Å². The number of halogens is 1. The van der Waals surface area contributed by atoms with E-state index in [1.807, 2.05) is 0 Å². The molecule has 0 fully saturated rings. The Morgan fingerprint density at radius 2 is 2.28 bits per heavy atom. The first-order valence-corrected chi connectivity index (χ1v) is 6.74. The number of aromatic nitrogens is 1. The zero-order valence-corrected chi connectivity index (χ0v) is 10.3. The summed E-state index contributed by atoms with van der Waals surface area (Å²) in [4.78, 5) is 15.9. The van der Waals surface area contributed by atoms with E-state index in [0.29, 0.717) is 16.7 Å². The number of carboxylic acid groups (broad SMARTS) is 1. The second kappa shape index (κ2) is 4.24. The first kappa shape index (κ1) is 11.5. The number of fused-ring (bicyclic) bond motifs is 2. The highest BCUT2D eigenvalue weighted by molar-refractivity contribution is 7.98. The Hall–Kier alpha value is -1.62. The fraction of sp³-hybridized carbons (Fsp3) is 0.231. The van der Waals surface area contributed by atoms with Crippen LogP contribution in [-0.4, -0.2) is 21.8 Å². The molecule has 0 aliphatic carbocycles. The van der Waals surface area contributed by atoms with Crippen molar-refractivity contribution >= 4 is 28.6 Å². The number of rotatable bonds is 1. The van der Waals surface area contributed by atoms with Crippen LogP contribution in [0.5, 0.6) is 0 Å². The minimum atomic E-state index is -1.01. The summed E-state index contributed by atoms with van der Waals surface area (Å²) in [6.45, 7) is 0. The number of aromatic carboxylic acids is 1. The molecule has 0 saturated carbocycles. The van der Waals surface area contributed by atoms with Gasteiger partial charge in [0.2, 0.25) is 0 Å². The minimum Gasteiger partial charge on any atom is -0.478 e. The summed E-state index contributed by atoms with van der Waals surface area (Å²) in [7, 11) is 0. The van der Waals surface area contributed by atoms with Crippen molar-refractivity contribution in [2.24, 2.45) is 0 Å². The highest BCUT2D eigenvalue weighted by atomic mass is 32.2. The molecule has 3 rings (SSSR count). The molecule has 0 atom stereocenters. The van der Waals surface area contributed by atoms with E-state index in [1.165, 1.54) is 12.1 Å². The van der Waals surface area contributed by atoms with E-state index in [2.05, 4.69) is 4.98 Å². The van der Waals surface area contributed by atoms with E-state index in [4.69, 9.17) is 0 Å². The molecule has 1 aromatic heterocycles. The smallest absolute Gasteiger partial charge is 0.336 e. The Labute approximate surface area is 107 Å². The van der Waals surface area contributed by atoms with Crippen LogP contribution in [0.2, 0.25) is 0 Å². The van der Waals surface area contributed by atoms with E-state index in [9.17, 15) is 14.3 Å². The minimum absolute atomic E-state index is 0.210. The van der Waals surface area contributed by atoms with Crippen LogP contribution in [0.1, 0.15) is 21.6 Å². The maximum Gasteiger partial charge on any atom is 0.336 e. The van der Waals surface area contributed by atoms with E-state index >= 15 is 0 Å². The number of carboxylic acids is 1. The number of aryl methyl sites for hydroxylation is 1. The topological polar surface area (TPSA) is 50.2 Å². The first-order valence-electron chi connectivity index (χ1n) is 5.59. The third kappa shape index (κ3) is 1.75. The maximum atomic E-state index is 13.3. The van der Waals surface area contributed by atoms with Crippen molar-refractivity contribution in [1.29, 1.82) is 0 Å². The summed E-state index contributed by atoms with van der Waals surface area (Å²) in [6, 6.07) is 4.11. The molecule has 1 aromatic carbocycles. The molecular weight excluding hydrogens is 253 g/mol. The molecule has 0 radical (unpaired) electrons. The Bertz CT molecular complexity index is 657. The molecule has 3 nitrogen and oxygen atoms in total. The van der Waals surface area contributed by atoms with Gasteiger partial charge in [0, 0.05) is 16.8 Å². The van der Waals surface area contributed by atoms with Gasteiger partial charge in [-0.15, -0.1) is 0 Å². The number of carbonyl (C=O) groups is 1. The monoisotopic (exact) mass is 263 g/mol. The standard InChI is InChI=1S/C13H10FNO2S/c14-7-1-2-10-8(5-7)12(13(16)17)9-6-18-4-3-11(9)15-10/h1-2,5H,3-4,6H2,(H,16,17). The number of hydrogen-bond donors (Lipinski definition) is 1. The lowest BCUT2D eigenvalue weighted by molar-refractivity contribution is 0.0698. The highest BCUT2D eigenvalue weighted by Gasteiger charge is 2.22. The summed E-state index contributed by atoms with van der Waals surface area (Å²) in [5.41, 5.74) is 2.35. The molecular formula is C13H10FNO2S. The van der Waals surface area contributed by atoms with Crippen LogP contribution in [0, 0.1) is 5.82 Å². The molecule has 0 spiro atoms. The van der Waals surface area contributed by atoms with Crippen LogP contribution >= 0.6 is 11.8 Å². The van der Waals surface area contributed by atoms with Gasteiger partial charge in [-0.3, -0.25) is 4.98 Å². The van der Waals surface area contributed by atoms with Gasteiger partial charge < -0.3 is 5.11 Å². The zero-order valence-electron chi connectivity index (χ0n) is 9.44. The lowest BCUT2D eigenvalue weighted by Crippen LogP contribution is -2.13. The molecule has 2 aromatic rings. The predicted molar refractivity (Wildman–Crippen MR) is 68.5 cm³/mol. The molecule has 1 aliphatic rings. The molecule has 1 aliphatic heterocycles. The van der Waals surface area contributed by atoms with Crippen molar-refractivity contribution < 1.29 is 14.3 Å². The van der Waals surface area contributed by atoms with Gasteiger partial charge in [-0.05, 0) is 35.9 Å². The fourth-order valence-electron chi connectivity index (χ4n) is 2.28. The van der Waals surface area contributed by atoms with E-state index in [0.717, 1.165) is 23.4 Å². The van der Waals surface area contributed by atoms with Crippen LogP contribution in [0.3, 0.4) is 0 Å². The molecule has 0 saturated heterocycles. The molecule has 92 valence electrons. The SMILES string of the molecule is O=C(O)c1c2c(nc3ccc(F)cc13)CCSC2. The zero-order chi connectivity index (χ0) is 12.7. The van der Waals surface area contributed by atoms with Crippen LogP contribution in [0.4, 0.5) is 4.39 Å². The van der Waals surface area contributed by atoms with Crippen LogP contribution in [0.25, 0.3) is 10.9 Å². The van der Waals surface area contributed by atoms with Gasteiger partial charge >= 0.3 is 5.97 Å². The Morgan fingerprint density at radius 1 is 1.44 bits per heavy atom. The largest absolute Gasteiger partial charge is 0.478 e. The number of nitrogens with zero attached hydrogens (tertiary/aromatic N) is 1. The van der Waals surface area contributed by atoms with Crippen molar-refractivity contribution in [2.75, 3.05) is 5.75 Å². The number of benzene rings is 1. The third-order valence-electron chi connectivity index (χ3n) is 3.08. The molecule has 0 amide bonds. The van der Waals surface area contributed by atoms with Gasteiger partial charge in [0.25, 0.3) is 0 Å². The Kier molecular flexibility index (Phi) is 2.70. The van der Waals surface area contributed by atoms with Gasteiger partial charge in [0.05, 0.1) is 11.1 Å². The summed E-state index contributed by atoms with van der Waals surface area (Å²) >= 11 is 1.68. The molecule has 18 heavy (non-hydrogen) atoms. The quantitative estimate of drug-likeness (QED) is 0.859. The summed E-state index contributed by atoms with van der Waals surface area (Å²) < 4.78 is 13.3. The van der Waals surface area contributed by atoms with Gasteiger partial charge in [-0.2, -0.15) is 11.8 Å². The highest BCUT2D eigenvalue weighted by Crippen LogP contribution is 2.31. The average molecular weight is 263 g/mol. The number of hydrogen-bond acceptors (Lipinski definition) is 3. The molecule has 1 N–H and O–H groups in total. The third-order valence-corrected chi connectivity index (χ3v) is 4.06. The second-order valence-electron chi connectivity index (χ2n) is 4.18. The average Bonchev–Trinajstić information content (AvgIpc) is 2.35. The fourth-order valence-corrected chi connectivity index (χ4v) is 3.27. The number of pyridine rings is 1. The predicted octanol–water partition coefficient (Wildman–Crippen LogP) is 2.86. The van der Waals surface area contributed by atoms with E-state index in [-0.39, 0.29) is 5.56 Å². The lowest BCUT2D eigenvalue weighted by atomic mass is 10.00. The Balaban J connectivity index is 2.41. The van der Waals surface area contributed by atoms with Crippen molar-refractivity contribution in [3.05, 3.63) is 40.8 Å². The first-order chi connectivity index (χ1) is 8.66. The molecule has 2 heterocycles. The Morgan fingerprint density at radius 3 is 3.06 bits per heavy atom.